The number of pyridine rings is 2. The fourth-order valence-electron chi connectivity index (χ4n) is 4.96. The van der Waals surface area contributed by atoms with E-state index in [4.69, 9.17) is 21.3 Å². The molecule has 5 rings (SSSR count). The predicted molar refractivity (Wildman–Crippen MR) is 145 cm³/mol. The van der Waals surface area contributed by atoms with Crippen LogP contribution >= 0.6 is 11.6 Å². The number of ether oxygens (including phenoxy) is 1. The minimum atomic E-state index is 0.0196. The minimum absolute atomic E-state index is 0.0196. The van der Waals surface area contributed by atoms with Gasteiger partial charge >= 0.3 is 0 Å². The number of nitrogens with zero attached hydrogens (tertiary/aromatic N) is 2. The first-order valence-corrected chi connectivity index (χ1v) is 13.3. The lowest BCUT2D eigenvalue weighted by molar-refractivity contribution is -0.124. The number of nitrogens with one attached hydrogen (secondary N) is 3. The van der Waals surface area contributed by atoms with Crippen LogP contribution in [-0.2, 0) is 16.0 Å². The van der Waals surface area contributed by atoms with Crippen LogP contribution in [0, 0.1) is 12.8 Å². The van der Waals surface area contributed by atoms with Crippen LogP contribution in [0.3, 0.4) is 0 Å². The third-order valence-electron chi connectivity index (χ3n) is 7.24. The molecule has 36 heavy (non-hydrogen) atoms. The highest BCUT2D eigenvalue weighted by molar-refractivity contribution is 6.35. The molecule has 1 saturated carbocycles. The van der Waals surface area contributed by atoms with Crippen LogP contribution in [0.25, 0.3) is 10.9 Å². The average Bonchev–Trinajstić information content (AvgIpc) is 2.86. The van der Waals surface area contributed by atoms with Crippen molar-refractivity contribution in [2.24, 2.45) is 5.92 Å². The number of hydrogen-bond acceptors (Lipinski definition) is 6. The molecule has 3 aromatic rings. The average molecular weight is 508 g/mol. The Morgan fingerprint density at radius 2 is 1.81 bits per heavy atom. The van der Waals surface area contributed by atoms with Crippen LogP contribution in [0.1, 0.15) is 43.2 Å². The van der Waals surface area contributed by atoms with Crippen molar-refractivity contribution < 1.29 is 9.53 Å². The molecule has 0 atom stereocenters. The second-order valence-corrected chi connectivity index (χ2v) is 10.5. The molecule has 1 aliphatic carbocycles. The SMILES string of the molecule is Cc1ccc2ccc(NC3CCC(CCNc4ccc(CC(=O)NC5COC5)cn4)CC3)nc2c1Cl. The summed E-state index contributed by atoms with van der Waals surface area (Å²) in [5.41, 5.74) is 2.84. The summed E-state index contributed by atoms with van der Waals surface area (Å²) in [5.74, 6) is 2.50. The highest BCUT2D eigenvalue weighted by Crippen LogP contribution is 2.30. The van der Waals surface area contributed by atoms with Gasteiger partial charge in [-0.15, -0.1) is 0 Å². The largest absolute Gasteiger partial charge is 0.377 e. The van der Waals surface area contributed by atoms with Gasteiger partial charge in [0.15, 0.2) is 0 Å². The molecular formula is C28H34ClN5O2. The van der Waals surface area contributed by atoms with Gasteiger partial charge in [-0.1, -0.05) is 29.8 Å². The lowest BCUT2D eigenvalue weighted by Gasteiger charge is -2.29. The van der Waals surface area contributed by atoms with Gasteiger partial charge in [-0.3, -0.25) is 4.79 Å². The molecule has 1 amide bonds. The summed E-state index contributed by atoms with van der Waals surface area (Å²) in [6.07, 6.45) is 7.97. The number of amides is 1. The first kappa shape index (κ1) is 24.8. The summed E-state index contributed by atoms with van der Waals surface area (Å²) in [4.78, 5) is 21.3. The van der Waals surface area contributed by atoms with Gasteiger partial charge in [-0.05, 0) is 74.3 Å². The minimum Gasteiger partial charge on any atom is -0.377 e. The van der Waals surface area contributed by atoms with E-state index in [1.54, 1.807) is 6.20 Å². The van der Waals surface area contributed by atoms with Crippen molar-refractivity contribution in [2.45, 2.75) is 57.5 Å². The van der Waals surface area contributed by atoms with Crippen LogP contribution in [0.15, 0.2) is 42.6 Å². The number of carbonyl (C=O) groups excluding carboxylic acids is 1. The maximum atomic E-state index is 12.0. The van der Waals surface area contributed by atoms with E-state index in [2.05, 4.69) is 39.1 Å². The Morgan fingerprint density at radius 1 is 1.03 bits per heavy atom. The van der Waals surface area contributed by atoms with Crippen molar-refractivity contribution in [3.8, 4) is 0 Å². The first-order chi connectivity index (χ1) is 17.5. The van der Waals surface area contributed by atoms with Crippen LogP contribution in [-0.4, -0.2) is 47.7 Å². The molecule has 8 heteroatoms. The van der Waals surface area contributed by atoms with Crippen LogP contribution in [0.4, 0.5) is 11.6 Å². The number of rotatable bonds is 9. The van der Waals surface area contributed by atoms with E-state index in [1.165, 1.54) is 12.8 Å². The van der Waals surface area contributed by atoms with Crippen molar-refractivity contribution in [1.29, 1.82) is 0 Å². The van der Waals surface area contributed by atoms with Gasteiger partial charge in [-0.25, -0.2) is 9.97 Å². The van der Waals surface area contributed by atoms with Gasteiger partial charge in [0.2, 0.25) is 5.91 Å². The molecule has 1 saturated heterocycles. The number of halogens is 1. The summed E-state index contributed by atoms with van der Waals surface area (Å²) in [7, 11) is 0. The molecule has 190 valence electrons. The smallest absolute Gasteiger partial charge is 0.224 e. The molecule has 1 aliphatic heterocycles. The van der Waals surface area contributed by atoms with E-state index >= 15 is 0 Å². The fourth-order valence-corrected chi connectivity index (χ4v) is 5.18. The summed E-state index contributed by atoms with van der Waals surface area (Å²) in [6, 6.07) is 12.8. The second-order valence-electron chi connectivity index (χ2n) is 10.1. The van der Waals surface area contributed by atoms with Gasteiger partial charge in [0.05, 0.1) is 36.2 Å². The second kappa shape index (κ2) is 11.4. The van der Waals surface area contributed by atoms with Crippen molar-refractivity contribution in [2.75, 3.05) is 30.4 Å². The van der Waals surface area contributed by atoms with Crippen molar-refractivity contribution in [3.05, 3.63) is 58.7 Å². The van der Waals surface area contributed by atoms with E-state index in [-0.39, 0.29) is 11.9 Å². The molecule has 2 fully saturated rings. The summed E-state index contributed by atoms with van der Waals surface area (Å²) >= 11 is 6.48. The monoisotopic (exact) mass is 507 g/mol. The van der Waals surface area contributed by atoms with Gasteiger partial charge in [0.25, 0.3) is 0 Å². The topological polar surface area (TPSA) is 88.2 Å². The first-order valence-electron chi connectivity index (χ1n) is 12.9. The molecule has 0 spiro atoms. The quantitative estimate of drug-likeness (QED) is 0.372. The third kappa shape index (κ3) is 6.26. The Hall–Kier alpha value is -2.90. The number of aromatic nitrogens is 2. The number of hydrogen-bond donors (Lipinski definition) is 3. The molecule has 2 aromatic heterocycles. The van der Waals surface area contributed by atoms with E-state index < -0.39 is 0 Å². The third-order valence-corrected chi connectivity index (χ3v) is 7.72. The Labute approximate surface area is 217 Å². The number of fused-ring (bicyclic) bond motifs is 1. The Balaban J connectivity index is 1.02. The normalized spacial score (nSPS) is 20.1. The van der Waals surface area contributed by atoms with Crippen molar-refractivity contribution >= 4 is 40.0 Å². The van der Waals surface area contributed by atoms with E-state index in [0.29, 0.717) is 25.7 Å². The summed E-state index contributed by atoms with van der Waals surface area (Å²) in [6.45, 7) is 4.14. The molecular weight excluding hydrogens is 474 g/mol. The van der Waals surface area contributed by atoms with Crippen molar-refractivity contribution in [1.82, 2.24) is 15.3 Å². The number of benzene rings is 1. The highest BCUT2D eigenvalue weighted by Gasteiger charge is 2.22. The molecule has 0 radical (unpaired) electrons. The Kier molecular flexibility index (Phi) is 7.87. The lowest BCUT2D eigenvalue weighted by atomic mass is 9.84. The number of aryl methyl sites for hydroxylation is 1. The predicted octanol–water partition coefficient (Wildman–Crippen LogP) is 5.12. The Morgan fingerprint density at radius 3 is 2.53 bits per heavy atom. The number of carbonyl (C=O) groups is 1. The maximum absolute atomic E-state index is 12.0. The molecule has 2 aliphatic rings. The van der Waals surface area contributed by atoms with E-state index in [9.17, 15) is 4.79 Å². The van der Waals surface area contributed by atoms with Crippen molar-refractivity contribution in [3.63, 3.8) is 0 Å². The molecule has 0 unspecified atom stereocenters. The van der Waals surface area contributed by atoms with Crippen LogP contribution in [0.5, 0.6) is 0 Å². The maximum Gasteiger partial charge on any atom is 0.224 e. The van der Waals surface area contributed by atoms with Gasteiger partial charge in [0.1, 0.15) is 11.6 Å². The zero-order chi connectivity index (χ0) is 24.9. The molecule has 7 nitrogen and oxygen atoms in total. The lowest BCUT2D eigenvalue weighted by Crippen LogP contribution is -2.49. The molecule has 1 aromatic carbocycles. The van der Waals surface area contributed by atoms with Crippen LogP contribution < -0.4 is 16.0 Å². The van der Waals surface area contributed by atoms with Gasteiger partial charge < -0.3 is 20.7 Å². The fraction of sp³-hybridized carbons (Fsp3) is 0.464. The van der Waals surface area contributed by atoms with E-state index in [0.717, 1.165) is 70.4 Å². The van der Waals surface area contributed by atoms with E-state index in [1.807, 2.05) is 25.1 Å². The Bertz CT molecular complexity index is 1190. The molecule has 3 N–H and O–H groups in total. The standard InChI is InChI=1S/C28H34ClN5O2/c1-18-2-6-21-7-11-25(34-28(21)27(18)29)32-22-8-3-19(4-9-22)12-13-30-24-10-5-20(15-31-24)14-26(35)33-23-16-36-17-23/h2,5-7,10-11,15,19,22-23H,3-4,8-9,12-14,16-17H2,1H3,(H,30,31)(H,32,34)(H,33,35). The molecule has 0 bridgehead atoms. The number of anilines is 2. The van der Waals surface area contributed by atoms with Crippen LogP contribution in [0.2, 0.25) is 5.02 Å². The molecule has 3 heterocycles. The summed E-state index contributed by atoms with van der Waals surface area (Å²) < 4.78 is 5.09. The zero-order valence-electron chi connectivity index (χ0n) is 20.7. The van der Waals surface area contributed by atoms with Gasteiger partial charge in [0, 0.05) is 24.2 Å². The highest BCUT2D eigenvalue weighted by atomic mass is 35.5. The van der Waals surface area contributed by atoms with Gasteiger partial charge in [-0.2, -0.15) is 0 Å². The summed E-state index contributed by atoms with van der Waals surface area (Å²) in [5, 5.41) is 11.8. The zero-order valence-corrected chi connectivity index (χ0v) is 21.5.